The molecule has 0 spiro atoms. The zero-order valence-corrected chi connectivity index (χ0v) is 14.0. The van der Waals surface area contributed by atoms with Gasteiger partial charge in [-0.3, -0.25) is 24.7 Å². The van der Waals surface area contributed by atoms with E-state index in [0.29, 0.717) is 6.54 Å². The van der Waals surface area contributed by atoms with E-state index in [-0.39, 0.29) is 28.9 Å². The van der Waals surface area contributed by atoms with Gasteiger partial charge in [-0.25, -0.2) is 9.40 Å². The Balaban J connectivity index is 2.23. The van der Waals surface area contributed by atoms with E-state index >= 15 is 0 Å². The number of halogens is 1. The summed E-state index contributed by atoms with van der Waals surface area (Å²) in [6.07, 6.45) is -0.157. The van der Waals surface area contributed by atoms with Crippen molar-refractivity contribution in [2.24, 2.45) is 0 Å². The minimum absolute atomic E-state index is 0.0823. The lowest BCUT2D eigenvalue weighted by atomic mass is 10.2. The van der Waals surface area contributed by atoms with Crippen molar-refractivity contribution in [3.63, 3.8) is 0 Å². The lowest BCUT2D eigenvalue weighted by Gasteiger charge is -2.24. The van der Waals surface area contributed by atoms with Gasteiger partial charge >= 0.3 is 0 Å². The van der Waals surface area contributed by atoms with Gasteiger partial charge in [0.1, 0.15) is 11.9 Å². The van der Waals surface area contributed by atoms with Gasteiger partial charge in [0.15, 0.2) is 5.11 Å². The topological polar surface area (TPSA) is 81.8 Å². The molecule has 1 fully saturated rings. The van der Waals surface area contributed by atoms with Gasteiger partial charge in [-0.1, -0.05) is 6.07 Å². The summed E-state index contributed by atoms with van der Waals surface area (Å²) in [5.41, 5.74) is 2.57. The molecule has 2 rings (SSSR count). The Labute approximate surface area is 143 Å². The molecule has 1 aliphatic rings. The maximum atomic E-state index is 13.3. The number of hydrogen-bond acceptors (Lipinski definition) is 4. The maximum Gasteiger partial charge on any atom is 0.269 e. The molecule has 1 aliphatic heterocycles. The van der Waals surface area contributed by atoms with Crippen molar-refractivity contribution in [2.75, 3.05) is 13.6 Å². The van der Waals surface area contributed by atoms with Crippen LogP contribution in [0.25, 0.3) is 0 Å². The summed E-state index contributed by atoms with van der Waals surface area (Å²) in [6, 6.07) is 4.19. The minimum Gasteiger partial charge on any atom is -0.359 e. The Morgan fingerprint density at radius 2 is 2.08 bits per heavy atom. The fourth-order valence-corrected chi connectivity index (χ4v) is 2.72. The highest BCUT2D eigenvalue weighted by atomic mass is 32.1. The third-order valence-corrected chi connectivity index (χ3v) is 4.00. The van der Waals surface area contributed by atoms with E-state index in [1.54, 1.807) is 6.92 Å². The van der Waals surface area contributed by atoms with Crippen molar-refractivity contribution in [1.82, 2.24) is 20.7 Å². The fraction of sp³-hybridized carbons (Fsp3) is 0.333. The van der Waals surface area contributed by atoms with Crippen molar-refractivity contribution in [3.05, 3.63) is 35.6 Å². The molecule has 1 saturated heterocycles. The van der Waals surface area contributed by atoms with Crippen molar-refractivity contribution in [2.45, 2.75) is 19.4 Å². The van der Waals surface area contributed by atoms with E-state index in [9.17, 15) is 18.8 Å². The number of hydrogen-bond donors (Lipinski definition) is 2. The molecule has 128 valence electrons. The fourth-order valence-electron chi connectivity index (χ4n) is 2.32. The van der Waals surface area contributed by atoms with Gasteiger partial charge < -0.3 is 5.32 Å². The van der Waals surface area contributed by atoms with E-state index in [1.807, 2.05) is 0 Å². The Morgan fingerprint density at radius 3 is 2.67 bits per heavy atom. The summed E-state index contributed by atoms with van der Waals surface area (Å²) in [6.45, 7) is 2.05. The molecule has 9 heteroatoms. The number of amides is 3. The van der Waals surface area contributed by atoms with Crippen LogP contribution in [0.2, 0.25) is 0 Å². The number of benzene rings is 1. The van der Waals surface area contributed by atoms with Gasteiger partial charge in [0.05, 0.1) is 6.42 Å². The highest BCUT2D eigenvalue weighted by Gasteiger charge is 2.43. The second kappa shape index (κ2) is 7.35. The molecule has 3 amide bonds. The summed E-state index contributed by atoms with van der Waals surface area (Å²) < 4.78 is 13.3. The van der Waals surface area contributed by atoms with E-state index in [4.69, 9.17) is 12.2 Å². The summed E-state index contributed by atoms with van der Waals surface area (Å²) >= 11 is 5.21. The average molecular weight is 352 g/mol. The zero-order valence-electron chi connectivity index (χ0n) is 13.2. The van der Waals surface area contributed by atoms with Crippen molar-refractivity contribution in [3.8, 4) is 0 Å². The standard InChI is InChI=1S/C15H17FN4O3S/c1-3-19-14(23)11(8-12(21)17-2)20(15(19)24)18-13(22)9-5-4-6-10(16)7-9/h4-7,11H,3,8H2,1-2H3,(H,17,21)(H,18,22). The third-order valence-electron chi connectivity index (χ3n) is 3.58. The lowest BCUT2D eigenvalue weighted by Crippen LogP contribution is -2.50. The Morgan fingerprint density at radius 1 is 1.38 bits per heavy atom. The summed E-state index contributed by atoms with van der Waals surface area (Å²) in [4.78, 5) is 37.6. The van der Waals surface area contributed by atoms with Gasteiger partial charge in [-0.05, 0) is 37.3 Å². The van der Waals surface area contributed by atoms with Crippen LogP contribution >= 0.6 is 12.2 Å². The number of carbonyl (C=O) groups excluding carboxylic acids is 3. The Kier molecular flexibility index (Phi) is 5.45. The van der Waals surface area contributed by atoms with Crippen molar-refractivity contribution >= 4 is 35.1 Å². The van der Waals surface area contributed by atoms with Crippen LogP contribution in [0.1, 0.15) is 23.7 Å². The molecule has 0 saturated carbocycles. The summed E-state index contributed by atoms with van der Waals surface area (Å²) in [7, 11) is 1.45. The predicted octanol–water partition coefficient (Wildman–Crippen LogP) is 0.424. The molecule has 0 radical (unpaired) electrons. The number of thiocarbonyl (C=S) groups is 1. The molecule has 24 heavy (non-hydrogen) atoms. The SMILES string of the molecule is CCN1C(=O)C(CC(=O)NC)N(NC(=O)c2cccc(F)c2)C1=S. The molecule has 0 bridgehead atoms. The minimum atomic E-state index is -0.935. The molecular weight excluding hydrogens is 335 g/mol. The van der Waals surface area contributed by atoms with Crippen LogP contribution in [0.4, 0.5) is 4.39 Å². The lowest BCUT2D eigenvalue weighted by molar-refractivity contribution is -0.132. The van der Waals surface area contributed by atoms with Gasteiger partial charge in [0.25, 0.3) is 11.8 Å². The number of nitrogens with zero attached hydrogens (tertiary/aromatic N) is 2. The van der Waals surface area contributed by atoms with Crippen LogP contribution in [-0.2, 0) is 9.59 Å². The Bertz CT molecular complexity index is 697. The Hall–Kier alpha value is -2.55. The molecule has 1 unspecified atom stereocenters. The molecule has 1 atom stereocenters. The van der Waals surface area contributed by atoms with Crippen LogP contribution in [0.15, 0.2) is 24.3 Å². The van der Waals surface area contributed by atoms with Gasteiger partial charge in [0, 0.05) is 19.2 Å². The van der Waals surface area contributed by atoms with Crippen LogP contribution in [0.3, 0.4) is 0 Å². The van der Waals surface area contributed by atoms with E-state index in [2.05, 4.69) is 10.7 Å². The molecule has 1 aromatic rings. The summed E-state index contributed by atoms with van der Waals surface area (Å²) in [5, 5.41) is 3.71. The van der Waals surface area contributed by atoms with Crippen LogP contribution < -0.4 is 10.7 Å². The first-order valence-corrected chi connectivity index (χ1v) is 7.71. The van der Waals surface area contributed by atoms with Crippen molar-refractivity contribution < 1.29 is 18.8 Å². The van der Waals surface area contributed by atoms with E-state index in [1.165, 1.54) is 35.2 Å². The molecule has 1 aromatic carbocycles. The van der Waals surface area contributed by atoms with Gasteiger partial charge in [-0.2, -0.15) is 0 Å². The second-order valence-electron chi connectivity index (χ2n) is 5.08. The molecule has 7 nitrogen and oxygen atoms in total. The smallest absolute Gasteiger partial charge is 0.269 e. The second-order valence-corrected chi connectivity index (χ2v) is 5.44. The first kappa shape index (κ1) is 17.8. The largest absolute Gasteiger partial charge is 0.359 e. The highest BCUT2D eigenvalue weighted by Crippen LogP contribution is 2.19. The maximum absolute atomic E-state index is 13.3. The van der Waals surface area contributed by atoms with Crippen LogP contribution in [0.5, 0.6) is 0 Å². The van der Waals surface area contributed by atoms with E-state index < -0.39 is 17.8 Å². The third kappa shape index (κ3) is 3.51. The number of carbonyl (C=O) groups is 3. The quantitative estimate of drug-likeness (QED) is 0.751. The summed E-state index contributed by atoms with van der Waals surface area (Å²) in [5.74, 6) is -1.91. The number of nitrogens with one attached hydrogen (secondary N) is 2. The van der Waals surface area contributed by atoms with Gasteiger partial charge in [0.2, 0.25) is 5.91 Å². The number of rotatable bonds is 5. The predicted molar refractivity (Wildman–Crippen MR) is 88.2 cm³/mol. The monoisotopic (exact) mass is 352 g/mol. The molecule has 0 aromatic heterocycles. The molecule has 2 N–H and O–H groups in total. The first-order valence-electron chi connectivity index (χ1n) is 7.30. The molecule has 1 heterocycles. The average Bonchev–Trinajstić information content (AvgIpc) is 2.78. The van der Waals surface area contributed by atoms with Gasteiger partial charge in [-0.15, -0.1) is 0 Å². The molecule has 0 aliphatic carbocycles. The number of hydrazine groups is 1. The van der Waals surface area contributed by atoms with Crippen LogP contribution in [-0.4, -0.2) is 52.4 Å². The first-order chi connectivity index (χ1) is 11.4. The van der Waals surface area contributed by atoms with E-state index in [0.717, 1.165) is 6.07 Å². The normalized spacial score (nSPS) is 17.2. The van der Waals surface area contributed by atoms with Crippen LogP contribution in [0, 0.1) is 5.82 Å². The zero-order chi connectivity index (χ0) is 17.9. The molecular formula is C15H17FN4O3S. The van der Waals surface area contributed by atoms with Crippen molar-refractivity contribution in [1.29, 1.82) is 0 Å². The highest BCUT2D eigenvalue weighted by molar-refractivity contribution is 7.80. The number of likely N-dealkylation sites (N-methyl/N-ethyl adjacent to an activating group) is 1.